The van der Waals surface area contributed by atoms with Crippen LogP contribution < -0.4 is 20.5 Å². The summed E-state index contributed by atoms with van der Waals surface area (Å²) in [6.07, 6.45) is 5.71. The number of anilines is 3. The number of nitrogens with zero attached hydrogens (tertiary/aromatic N) is 2. The van der Waals surface area contributed by atoms with E-state index < -0.39 is 0 Å². The zero-order valence-corrected chi connectivity index (χ0v) is 15.0. The second kappa shape index (κ2) is 5.87. The van der Waals surface area contributed by atoms with Gasteiger partial charge in [-0.3, -0.25) is 0 Å². The van der Waals surface area contributed by atoms with E-state index >= 15 is 0 Å². The molecule has 0 atom stereocenters. The number of fused-ring (bicyclic) bond motifs is 2. The number of aromatic nitrogens is 2. The molecule has 136 valence electrons. The van der Waals surface area contributed by atoms with Crippen molar-refractivity contribution in [1.82, 2.24) is 9.97 Å². The van der Waals surface area contributed by atoms with Gasteiger partial charge in [0.05, 0.1) is 24.2 Å². The quantitative estimate of drug-likeness (QED) is 0.721. The molecule has 1 aromatic carbocycles. The van der Waals surface area contributed by atoms with E-state index in [1.165, 1.54) is 5.56 Å². The minimum Gasteiger partial charge on any atom is -0.492 e. The minimum absolute atomic E-state index is 0.148. The van der Waals surface area contributed by atoms with Crippen molar-refractivity contribution in [3.63, 3.8) is 0 Å². The van der Waals surface area contributed by atoms with Crippen LogP contribution in [0.2, 0.25) is 0 Å². The molecule has 6 heteroatoms. The molecule has 5 rings (SSSR count). The van der Waals surface area contributed by atoms with Crippen LogP contribution in [0.3, 0.4) is 0 Å². The summed E-state index contributed by atoms with van der Waals surface area (Å²) in [5, 5.41) is 3.16. The molecule has 3 heterocycles. The minimum atomic E-state index is 0.148. The first kappa shape index (κ1) is 15.9. The van der Waals surface area contributed by atoms with E-state index in [-0.39, 0.29) is 5.41 Å². The molecule has 0 bridgehead atoms. The fraction of sp³-hybridized carbons (Fsp3) is 0.238. The largest absolute Gasteiger partial charge is 0.492 e. The Morgan fingerprint density at radius 2 is 2.04 bits per heavy atom. The third kappa shape index (κ3) is 2.73. The Kier molecular flexibility index (Phi) is 3.47. The van der Waals surface area contributed by atoms with Gasteiger partial charge in [-0.1, -0.05) is 6.07 Å². The molecule has 2 aromatic heterocycles. The molecule has 1 fully saturated rings. The van der Waals surface area contributed by atoms with Gasteiger partial charge in [0.1, 0.15) is 11.5 Å². The smallest absolute Gasteiger partial charge is 0.219 e. The van der Waals surface area contributed by atoms with Crippen LogP contribution in [0.25, 0.3) is 0 Å². The summed E-state index contributed by atoms with van der Waals surface area (Å²) in [6.45, 7) is 2.83. The molecule has 0 radical (unpaired) electrons. The lowest BCUT2D eigenvalue weighted by molar-refractivity contribution is 0.322. The molecule has 27 heavy (non-hydrogen) atoms. The van der Waals surface area contributed by atoms with Crippen LogP contribution in [0.15, 0.2) is 48.8 Å². The molecule has 1 aliphatic heterocycles. The molecule has 0 unspecified atom stereocenters. The highest BCUT2D eigenvalue weighted by molar-refractivity contribution is 5.68. The van der Waals surface area contributed by atoms with Crippen molar-refractivity contribution in [1.29, 1.82) is 0 Å². The van der Waals surface area contributed by atoms with Crippen LogP contribution >= 0.6 is 0 Å². The summed E-state index contributed by atoms with van der Waals surface area (Å²) >= 11 is 0. The van der Waals surface area contributed by atoms with Crippen LogP contribution in [0.5, 0.6) is 17.4 Å². The van der Waals surface area contributed by atoms with Gasteiger partial charge in [0.2, 0.25) is 5.88 Å². The van der Waals surface area contributed by atoms with Crippen molar-refractivity contribution < 1.29 is 9.47 Å². The second-order valence-electron chi connectivity index (χ2n) is 7.21. The van der Waals surface area contributed by atoms with E-state index in [4.69, 9.17) is 15.2 Å². The van der Waals surface area contributed by atoms with Crippen molar-refractivity contribution in [3.8, 4) is 17.4 Å². The molecule has 3 N–H and O–H groups in total. The number of nitrogen functional groups attached to an aromatic ring is 1. The number of hydrogen-bond donors (Lipinski definition) is 2. The maximum atomic E-state index is 6.12. The Bertz CT molecular complexity index is 1010. The summed E-state index contributed by atoms with van der Waals surface area (Å²) in [5.74, 6) is 2.97. The standard InChI is InChI=1S/C21H20N4O2/c1-13-4-6-16(18-19(13)26-12-21(18)8-9-21)27-17-7-5-14(11-24-17)25-20-15(22)3-2-10-23-20/h2-7,10-11H,8-9,12,22H2,1H3,(H,23,25). The molecular formula is C21H20N4O2. The van der Waals surface area contributed by atoms with Crippen LogP contribution in [0, 0.1) is 6.92 Å². The number of aryl methyl sites for hydroxylation is 1. The predicted molar refractivity (Wildman–Crippen MR) is 104 cm³/mol. The Labute approximate surface area is 157 Å². The topological polar surface area (TPSA) is 82.3 Å². The highest BCUT2D eigenvalue weighted by atomic mass is 16.5. The molecule has 0 saturated heterocycles. The van der Waals surface area contributed by atoms with E-state index in [9.17, 15) is 0 Å². The monoisotopic (exact) mass is 360 g/mol. The molecule has 2 aliphatic rings. The van der Waals surface area contributed by atoms with Gasteiger partial charge in [-0.15, -0.1) is 0 Å². The van der Waals surface area contributed by atoms with Gasteiger partial charge >= 0.3 is 0 Å². The molecule has 0 amide bonds. The SMILES string of the molecule is Cc1ccc(Oc2ccc(Nc3ncccc3N)cn2)c2c1OCC21CC1. The van der Waals surface area contributed by atoms with Gasteiger partial charge in [-0.05, 0) is 49.6 Å². The first-order valence-corrected chi connectivity index (χ1v) is 9.03. The Morgan fingerprint density at radius 1 is 1.15 bits per heavy atom. The Balaban J connectivity index is 1.39. The molecule has 3 aromatic rings. The maximum absolute atomic E-state index is 6.12. The lowest BCUT2D eigenvalue weighted by Crippen LogP contribution is -2.08. The lowest BCUT2D eigenvalue weighted by atomic mass is 9.95. The number of pyridine rings is 2. The number of ether oxygens (including phenoxy) is 2. The van der Waals surface area contributed by atoms with Crippen molar-refractivity contribution in [2.75, 3.05) is 17.7 Å². The van der Waals surface area contributed by atoms with E-state index in [2.05, 4.69) is 22.2 Å². The summed E-state index contributed by atoms with van der Waals surface area (Å²) in [5.41, 5.74) is 9.80. The summed E-state index contributed by atoms with van der Waals surface area (Å²) in [4.78, 5) is 8.65. The first-order valence-electron chi connectivity index (χ1n) is 9.03. The second-order valence-corrected chi connectivity index (χ2v) is 7.21. The molecular weight excluding hydrogens is 340 g/mol. The van der Waals surface area contributed by atoms with Gasteiger partial charge in [0.15, 0.2) is 5.82 Å². The van der Waals surface area contributed by atoms with Crippen molar-refractivity contribution in [2.45, 2.75) is 25.2 Å². The van der Waals surface area contributed by atoms with Crippen molar-refractivity contribution in [3.05, 3.63) is 59.9 Å². The van der Waals surface area contributed by atoms with Crippen LogP contribution in [0.1, 0.15) is 24.0 Å². The van der Waals surface area contributed by atoms with E-state index in [1.807, 2.05) is 24.3 Å². The van der Waals surface area contributed by atoms with E-state index in [1.54, 1.807) is 24.5 Å². The summed E-state index contributed by atoms with van der Waals surface area (Å²) in [6, 6.07) is 11.4. The average Bonchev–Trinajstić information content (AvgIpc) is 3.35. The van der Waals surface area contributed by atoms with Crippen LogP contribution in [0.4, 0.5) is 17.2 Å². The van der Waals surface area contributed by atoms with E-state index in [0.717, 1.165) is 42.2 Å². The number of rotatable bonds is 4. The van der Waals surface area contributed by atoms with Crippen LogP contribution in [-0.4, -0.2) is 16.6 Å². The average molecular weight is 360 g/mol. The van der Waals surface area contributed by atoms with Crippen molar-refractivity contribution in [2.24, 2.45) is 0 Å². The van der Waals surface area contributed by atoms with Gasteiger partial charge in [0.25, 0.3) is 0 Å². The predicted octanol–water partition coefficient (Wildman–Crippen LogP) is 4.33. The van der Waals surface area contributed by atoms with Crippen LogP contribution in [-0.2, 0) is 5.41 Å². The Morgan fingerprint density at radius 3 is 2.78 bits per heavy atom. The number of nitrogens with two attached hydrogens (primary N) is 1. The number of hydrogen-bond acceptors (Lipinski definition) is 6. The maximum Gasteiger partial charge on any atom is 0.219 e. The highest BCUT2D eigenvalue weighted by Gasteiger charge is 2.53. The summed E-state index contributed by atoms with van der Waals surface area (Å²) < 4.78 is 12.1. The number of benzene rings is 1. The third-order valence-corrected chi connectivity index (χ3v) is 5.25. The number of nitrogens with one attached hydrogen (secondary N) is 1. The fourth-order valence-corrected chi connectivity index (χ4v) is 3.56. The third-order valence-electron chi connectivity index (χ3n) is 5.25. The normalized spacial score (nSPS) is 15.9. The lowest BCUT2D eigenvalue weighted by Gasteiger charge is -2.14. The molecule has 1 saturated carbocycles. The zero-order chi connectivity index (χ0) is 18.4. The van der Waals surface area contributed by atoms with Gasteiger partial charge in [-0.25, -0.2) is 9.97 Å². The first-order chi connectivity index (χ1) is 13.1. The Hall–Kier alpha value is -3.28. The van der Waals surface area contributed by atoms with Gasteiger partial charge < -0.3 is 20.5 Å². The fourth-order valence-electron chi connectivity index (χ4n) is 3.56. The zero-order valence-electron chi connectivity index (χ0n) is 15.0. The van der Waals surface area contributed by atoms with Crippen molar-refractivity contribution >= 4 is 17.2 Å². The highest BCUT2D eigenvalue weighted by Crippen LogP contribution is 2.59. The van der Waals surface area contributed by atoms with Gasteiger partial charge in [-0.2, -0.15) is 0 Å². The van der Waals surface area contributed by atoms with E-state index in [0.29, 0.717) is 17.4 Å². The molecule has 6 nitrogen and oxygen atoms in total. The summed E-state index contributed by atoms with van der Waals surface area (Å²) in [7, 11) is 0. The van der Waals surface area contributed by atoms with Gasteiger partial charge in [0, 0.05) is 23.2 Å². The molecule has 1 spiro atoms. The molecule has 1 aliphatic carbocycles.